The smallest absolute Gasteiger partial charge is 0.340 e. The van der Waals surface area contributed by atoms with Gasteiger partial charge in [0.05, 0.1) is 10.5 Å². The van der Waals surface area contributed by atoms with Gasteiger partial charge in [0.2, 0.25) is 15.9 Å². The number of nitrogens with zero attached hydrogens (tertiary/aromatic N) is 2. The van der Waals surface area contributed by atoms with Crippen LogP contribution in [0, 0.1) is 0 Å². The van der Waals surface area contributed by atoms with Crippen molar-refractivity contribution in [1.82, 2.24) is 9.21 Å². The molecule has 1 aliphatic heterocycles. The second-order valence-corrected chi connectivity index (χ2v) is 8.73. The van der Waals surface area contributed by atoms with Crippen LogP contribution < -0.4 is 0 Å². The maximum Gasteiger partial charge on any atom is 0.416 e. The molecule has 0 unspecified atom stereocenters. The lowest BCUT2D eigenvalue weighted by Crippen LogP contribution is -2.50. The zero-order valence-corrected chi connectivity index (χ0v) is 16.4. The third-order valence-electron chi connectivity index (χ3n) is 4.88. The Hall–Kier alpha value is -2.39. The van der Waals surface area contributed by atoms with Crippen LogP contribution in [-0.2, 0) is 27.4 Å². The fraction of sp³-hybridized carbons (Fsp3) is 0.350. The molecule has 0 aliphatic carbocycles. The summed E-state index contributed by atoms with van der Waals surface area (Å²) in [5.74, 6) is -0.0413. The number of alkyl halides is 3. The quantitative estimate of drug-likeness (QED) is 0.738. The van der Waals surface area contributed by atoms with Gasteiger partial charge >= 0.3 is 6.18 Å². The molecule has 1 amide bonds. The Morgan fingerprint density at radius 3 is 2.03 bits per heavy atom. The highest BCUT2D eigenvalue weighted by molar-refractivity contribution is 7.89. The van der Waals surface area contributed by atoms with Crippen molar-refractivity contribution < 1.29 is 26.4 Å². The van der Waals surface area contributed by atoms with Crippen molar-refractivity contribution in [3.63, 3.8) is 0 Å². The lowest BCUT2D eigenvalue weighted by Gasteiger charge is -2.34. The number of hydrogen-bond acceptors (Lipinski definition) is 3. The van der Waals surface area contributed by atoms with E-state index in [9.17, 15) is 26.4 Å². The Morgan fingerprint density at radius 2 is 1.48 bits per heavy atom. The molecule has 1 fully saturated rings. The summed E-state index contributed by atoms with van der Waals surface area (Å²) in [7, 11) is -3.90. The van der Waals surface area contributed by atoms with Crippen LogP contribution >= 0.6 is 0 Å². The van der Waals surface area contributed by atoms with Crippen molar-refractivity contribution in [2.45, 2.75) is 23.9 Å². The second-order valence-electron chi connectivity index (χ2n) is 6.79. The van der Waals surface area contributed by atoms with E-state index in [2.05, 4.69) is 0 Å². The van der Waals surface area contributed by atoms with Gasteiger partial charge in [-0.2, -0.15) is 17.5 Å². The lowest BCUT2D eigenvalue weighted by molar-refractivity contribution is -0.137. The number of halogens is 3. The van der Waals surface area contributed by atoms with E-state index in [4.69, 9.17) is 0 Å². The van der Waals surface area contributed by atoms with Crippen molar-refractivity contribution in [2.24, 2.45) is 0 Å². The van der Waals surface area contributed by atoms with Crippen LogP contribution in [0.1, 0.15) is 17.5 Å². The number of rotatable bonds is 5. The van der Waals surface area contributed by atoms with Crippen molar-refractivity contribution >= 4 is 15.9 Å². The van der Waals surface area contributed by atoms with E-state index >= 15 is 0 Å². The van der Waals surface area contributed by atoms with E-state index in [1.165, 1.54) is 4.31 Å². The van der Waals surface area contributed by atoms with Gasteiger partial charge in [0.25, 0.3) is 0 Å². The Bertz CT molecular complexity index is 937. The first kappa shape index (κ1) is 21.3. The molecule has 0 aromatic heterocycles. The molecule has 2 aromatic carbocycles. The molecule has 0 radical (unpaired) electrons. The molecule has 0 atom stereocenters. The molecule has 9 heteroatoms. The highest BCUT2D eigenvalue weighted by atomic mass is 32.2. The predicted octanol–water partition coefficient (Wildman–Crippen LogP) is 3.17. The summed E-state index contributed by atoms with van der Waals surface area (Å²) in [4.78, 5) is 13.8. The first-order chi connectivity index (χ1) is 13.7. The highest BCUT2D eigenvalue weighted by Gasteiger charge is 2.33. The average molecular weight is 426 g/mol. The minimum atomic E-state index is -4.52. The number of hydrogen-bond donors (Lipinski definition) is 0. The van der Waals surface area contributed by atoms with Crippen LogP contribution in [0.25, 0.3) is 0 Å². The molecule has 156 valence electrons. The summed E-state index contributed by atoms with van der Waals surface area (Å²) in [6.07, 6.45) is -3.56. The van der Waals surface area contributed by atoms with Gasteiger partial charge < -0.3 is 4.90 Å². The largest absolute Gasteiger partial charge is 0.416 e. The Balaban J connectivity index is 1.57. The van der Waals surface area contributed by atoms with Gasteiger partial charge in [-0.25, -0.2) is 8.42 Å². The summed E-state index contributed by atoms with van der Waals surface area (Å²) in [6, 6.07) is 13.1. The molecule has 2 aromatic rings. The van der Waals surface area contributed by atoms with Crippen molar-refractivity contribution in [2.75, 3.05) is 26.2 Å². The Labute approximate surface area is 167 Å². The number of amides is 1. The molecule has 0 saturated carbocycles. The van der Waals surface area contributed by atoms with Crippen molar-refractivity contribution in [1.29, 1.82) is 0 Å². The molecule has 0 N–H and O–H groups in total. The fourth-order valence-electron chi connectivity index (χ4n) is 3.20. The first-order valence-electron chi connectivity index (χ1n) is 9.17. The molecule has 1 heterocycles. The molecule has 29 heavy (non-hydrogen) atoms. The lowest BCUT2D eigenvalue weighted by atomic mass is 10.1. The monoisotopic (exact) mass is 426 g/mol. The summed E-state index contributed by atoms with van der Waals surface area (Å²) in [5, 5.41) is 0. The van der Waals surface area contributed by atoms with E-state index in [1.54, 1.807) is 4.90 Å². The summed E-state index contributed by atoms with van der Waals surface area (Å²) in [5.41, 5.74) is 0.162. The third-order valence-corrected chi connectivity index (χ3v) is 6.79. The standard InChI is InChI=1S/C20H21F3N2O3S/c21-20(22,23)17-7-9-18(10-8-17)29(27,28)25-14-12-24(13-15-25)19(26)11-6-16-4-2-1-3-5-16/h1-5,7-10H,6,11-15H2. The van der Waals surface area contributed by atoms with Crippen LogP contribution in [-0.4, -0.2) is 49.7 Å². The van der Waals surface area contributed by atoms with Gasteiger partial charge in [-0.05, 0) is 36.2 Å². The molecular weight excluding hydrogens is 405 g/mol. The summed E-state index contributed by atoms with van der Waals surface area (Å²) < 4.78 is 64.5. The van der Waals surface area contributed by atoms with E-state index < -0.39 is 21.8 Å². The van der Waals surface area contributed by atoms with Crippen LogP contribution in [0.15, 0.2) is 59.5 Å². The van der Waals surface area contributed by atoms with Crippen molar-refractivity contribution in [3.8, 4) is 0 Å². The number of aryl methyl sites for hydroxylation is 1. The second kappa shape index (κ2) is 8.54. The van der Waals surface area contributed by atoms with Gasteiger partial charge in [-0.3, -0.25) is 4.79 Å². The molecule has 3 rings (SSSR count). The van der Waals surface area contributed by atoms with E-state index in [0.717, 1.165) is 29.8 Å². The number of carbonyl (C=O) groups is 1. The van der Waals surface area contributed by atoms with Crippen LogP contribution in [0.4, 0.5) is 13.2 Å². The average Bonchev–Trinajstić information content (AvgIpc) is 2.72. The number of carbonyl (C=O) groups excluding carboxylic acids is 1. The van der Waals surface area contributed by atoms with E-state index in [-0.39, 0.29) is 37.0 Å². The van der Waals surface area contributed by atoms with Gasteiger partial charge in [0.15, 0.2) is 0 Å². The first-order valence-corrected chi connectivity index (χ1v) is 10.6. The number of piperazine rings is 1. The summed E-state index contributed by atoms with van der Waals surface area (Å²) >= 11 is 0. The molecular formula is C20H21F3N2O3S. The van der Waals surface area contributed by atoms with Gasteiger partial charge in [0, 0.05) is 32.6 Å². The molecule has 0 spiro atoms. The fourth-order valence-corrected chi connectivity index (χ4v) is 4.62. The molecule has 0 bridgehead atoms. The van der Waals surface area contributed by atoms with Crippen molar-refractivity contribution in [3.05, 3.63) is 65.7 Å². The van der Waals surface area contributed by atoms with Gasteiger partial charge in [-0.1, -0.05) is 30.3 Å². The Kier molecular flexibility index (Phi) is 6.28. The number of benzene rings is 2. The molecule has 5 nitrogen and oxygen atoms in total. The van der Waals surface area contributed by atoms with E-state index in [1.807, 2.05) is 30.3 Å². The normalized spacial score (nSPS) is 16.0. The van der Waals surface area contributed by atoms with Gasteiger partial charge in [-0.15, -0.1) is 0 Å². The topological polar surface area (TPSA) is 57.7 Å². The zero-order valence-electron chi connectivity index (χ0n) is 15.6. The highest BCUT2D eigenvalue weighted by Crippen LogP contribution is 2.30. The van der Waals surface area contributed by atoms with E-state index in [0.29, 0.717) is 12.8 Å². The maximum absolute atomic E-state index is 12.7. The van der Waals surface area contributed by atoms with Gasteiger partial charge in [0.1, 0.15) is 0 Å². The summed E-state index contributed by atoms with van der Waals surface area (Å²) in [6.45, 7) is 0.738. The van der Waals surface area contributed by atoms with Crippen LogP contribution in [0.2, 0.25) is 0 Å². The Morgan fingerprint density at radius 1 is 0.897 bits per heavy atom. The van der Waals surface area contributed by atoms with Crippen LogP contribution in [0.3, 0.4) is 0 Å². The minimum absolute atomic E-state index is 0.0413. The SMILES string of the molecule is O=C(CCc1ccccc1)N1CCN(S(=O)(=O)c2ccc(C(F)(F)F)cc2)CC1. The maximum atomic E-state index is 12.7. The molecule has 1 saturated heterocycles. The third kappa shape index (κ3) is 5.16. The van der Waals surface area contributed by atoms with Crippen LogP contribution in [0.5, 0.6) is 0 Å². The molecule has 1 aliphatic rings. The number of sulfonamides is 1. The zero-order chi connectivity index (χ0) is 21.1. The predicted molar refractivity (Wildman–Crippen MR) is 102 cm³/mol. The minimum Gasteiger partial charge on any atom is -0.340 e.